The molecule has 14 heteroatoms. The Morgan fingerprint density at radius 3 is 2.85 bits per heavy atom. The third kappa shape index (κ3) is 6.18. The lowest BCUT2D eigenvalue weighted by Gasteiger charge is -2.42. The van der Waals surface area contributed by atoms with Crippen molar-refractivity contribution in [1.29, 1.82) is 0 Å². The number of halogens is 3. The standard InChI is InChI=1S/C25H28F3N5O4S2/c1-14-9-19(39-31-14)29-16-6-4-5-15(10-16)11-17-13-36-8-7-32(17)23-33(37-22(35)25(26,27)28)18-12-24(2,3)30-21(34)20(18)38-23/h4-6,9-10,17,23,29H,7-8,11-13H2,1-3H3,(H,30,34). The Kier molecular flexibility index (Phi) is 7.57. The van der Waals surface area contributed by atoms with Crippen molar-refractivity contribution < 1.29 is 32.3 Å². The molecule has 5 rings (SSSR count). The largest absolute Gasteiger partial charge is 0.493 e. The van der Waals surface area contributed by atoms with Crippen molar-refractivity contribution in [2.45, 2.75) is 56.9 Å². The van der Waals surface area contributed by atoms with Gasteiger partial charge in [0.05, 0.1) is 29.5 Å². The van der Waals surface area contributed by atoms with Crippen molar-refractivity contribution >= 4 is 45.9 Å². The Bertz CT molecular complexity index is 1300. The van der Waals surface area contributed by atoms with Crippen molar-refractivity contribution in [3.8, 4) is 0 Å². The fourth-order valence-electron chi connectivity index (χ4n) is 4.82. The van der Waals surface area contributed by atoms with E-state index >= 15 is 0 Å². The first kappa shape index (κ1) is 27.7. The maximum absolute atomic E-state index is 13.2. The minimum absolute atomic E-state index is 0.211. The number of anilines is 2. The number of nitrogens with zero attached hydrogens (tertiary/aromatic N) is 3. The summed E-state index contributed by atoms with van der Waals surface area (Å²) >= 11 is 2.46. The zero-order valence-corrected chi connectivity index (χ0v) is 23.1. The second-order valence-corrected chi connectivity index (χ2v) is 12.1. The smallest absolute Gasteiger partial charge is 0.378 e. The molecule has 1 saturated heterocycles. The van der Waals surface area contributed by atoms with Gasteiger partial charge in [0.1, 0.15) is 5.00 Å². The summed E-state index contributed by atoms with van der Waals surface area (Å²) in [5.41, 5.74) is 1.49. The van der Waals surface area contributed by atoms with Crippen molar-refractivity contribution in [3.05, 3.63) is 52.2 Å². The number of aryl methyl sites for hydroxylation is 1. The van der Waals surface area contributed by atoms with E-state index in [-0.39, 0.29) is 23.1 Å². The van der Waals surface area contributed by atoms with Gasteiger partial charge < -0.3 is 20.2 Å². The first-order valence-corrected chi connectivity index (χ1v) is 14.0. The van der Waals surface area contributed by atoms with Crippen LogP contribution in [0.25, 0.3) is 0 Å². The van der Waals surface area contributed by atoms with E-state index < -0.39 is 29.1 Å². The molecule has 3 aliphatic heterocycles. The van der Waals surface area contributed by atoms with E-state index in [0.717, 1.165) is 38.8 Å². The third-order valence-electron chi connectivity index (χ3n) is 6.48. The van der Waals surface area contributed by atoms with Gasteiger partial charge in [-0.15, -0.1) is 0 Å². The fourth-order valence-corrected chi connectivity index (χ4v) is 6.84. The number of benzene rings is 1. The number of rotatable bonds is 6. The first-order valence-electron chi connectivity index (χ1n) is 12.3. The van der Waals surface area contributed by atoms with Crippen LogP contribution >= 0.6 is 23.3 Å². The van der Waals surface area contributed by atoms with E-state index in [1.165, 1.54) is 11.5 Å². The summed E-state index contributed by atoms with van der Waals surface area (Å²) in [7, 11) is 0. The number of carbonyl (C=O) groups is 2. The molecule has 1 aromatic carbocycles. The van der Waals surface area contributed by atoms with E-state index in [0.29, 0.717) is 26.2 Å². The van der Waals surface area contributed by atoms with E-state index in [4.69, 9.17) is 9.57 Å². The van der Waals surface area contributed by atoms with Crippen LogP contribution in [-0.2, 0) is 25.6 Å². The average Bonchev–Trinajstić information content (AvgIpc) is 3.41. The van der Waals surface area contributed by atoms with Gasteiger partial charge in [0.2, 0.25) is 0 Å². The van der Waals surface area contributed by atoms with Gasteiger partial charge >= 0.3 is 12.1 Å². The summed E-state index contributed by atoms with van der Waals surface area (Å²) in [6.45, 7) is 6.51. The lowest BCUT2D eigenvalue weighted by molar-refractivity contribution is -0.243. The minimum Gasteiger partial charge on any atom is -0.378 e. The highest BCUT2D eigenvalue weighted by atomic mass is 32.2. The highest BCUT2D eigenvalue weighted by Crippen LogP contribution is 2.46. The van der Waals surface area contributed by atoms with Gasteiger partial charge in [-0.3, -0.25) is 9.69 Å². The molecule has 1 amide bonds. The van der Waals surface area contributed by atoms with Gasteiger partial charge in [-0.25, -0.2) is 4.79 Å². The molecule has 2 atom stereocenters. The van der Waals surface area contributed by atoms with E-state index in [9.17, 15) is 22.8 Å². The average molecular weight is 584 g/mol. The topological polar surface area (TPSA) is 96.0 Å². The van der Waals surface area contributed by atoms with E-state index in [2.05, 4.69) is 15.0 Å². The monoisotopic (exact) mass is 583 g/mol. The van der Waals surface area contributed by atoms with Gasteiger partial charge in [-0.1, -0.05) is 23.9 Å². The van der Waals surface area contributed by atoms with Crippen LogP contribution in [-0.4, -0.2) is 69.2 Å². The molecule has 0 radical (unpaired) electrons. The predicted octanol–water partition coefficient (Wildman–Crippen LogP) is 4.30. The minimum atomic E-state index is -5.18. The van der Waals surface area contributed by atoms with Crippen LogP contribution < -0.4 is 10.6 Å². The van der Waals surface area contributed by atoms with Gasteiger partial charge in [0.25, 0.3) is 5.91 Å². The number of hydrogen-bond acceptors (Lipinski definition) is 10. The van der Waals surface area contributed by atoms with E-state index in [1.54, 1.807) is 13.8 Å². The number of thioether (sulfide) groups is 1. The van der Waals surface area contributed by atoms with Crippen molar-refractivity contribution in [2.75, 3.05) is 25.1 Å². The fraction of sp³-hybridized carbons (Fsp3) is 0.480. The predicted molar refractivity (Wildman–Crippen MR) is 141 cm³/mol. The number of amides is 1. The van der Waals surface area contributed by atoms with Crippen LogP contribution in [0.5, 0.6) is 0 Å². The molecule has 2 aromatic rings. The molecule has 9 nitrogen and oxygen atoms in total. The third-order valence-corrected chi connectivity index (χ3v) is 8.61. The molecular formula is C25H28F3N5O4S2. The Morgan fingerprint density at radius 1 is 1.33 bits per heavy atom. The highest BCUT2D eigenvalue weighted by Gasteiger charge is 2.51. The molecular weight excluding hydrogens is 555 g/mol. The number of nitrogens with one attached hydrogen (secondary N) is 2. The van der Waals surface area contributed by atoms with Crippen LogP contribution in [0.1, 0.15) is 31.5 Å². The molecule has 210 valence electrons. The van der Waals surface area contributed by atoms with Crippen molar-refractivity contribution in [3.63, 3.8) is 0 Å². The second kappa shape index (κ2) is 10.6. The molecule has 4 heterocycles. The molecule has 0 aliphatic carbocycles. The summed E-state index contributed by atoms with van der Waals surface area (Å²) < 4.78 is 49.7. The Balaban J connectivity index is 1.39. The molecule has 0 spiro atoms. The van der Waals surface area contributed by atoms with Crippen LogP contribution in [0.2, 0.25) is 0 Å². The molecule has 2 N–H and O–H groups in total. The lowest BCUT2D eigenvalue weighted by Crippen LogP contribution is -2.56. The molecule has 2 unspecified atom stereocenters. The Hall–Kier alpha value is -2.81. The van der Waals surface area contributed by atoms with Gasteiger partial charge in [-0.05, 0) is 62.5 Å². The number of carbonyl (C=O) groups excluding carboxylic acids is 2. The number of morpholine rings is 1. The summed E-state index contributed by atoms with van der Waals surface area (Å²) in [4.78, 5) is 32.0. The van der Waals surface area contributed by atoms with Crippen LogP contribution in [0.4, 0.5) is 23.9 Å². The maximum atomic E-state index is 13.2. The van der Waals surface area contributed by atoms with Crippen LogP contribution in [0.15, 0.2) is 40.9 Å². The normalized spacial score (nSPS) is 23.4. The van der Waals surface area contributed by atoms with Crippen LogP contribution in [0, 0.1) is 6.92 Å². The van der Waals surface area contributed by atoms with Crippen molar-refractivity contribution in [1.82, 2.24) is 19.7 Å². The Morgan fingerprint density at radius 2 is 2.13 bits per heavy atom. The summed E-state index contributed by atoms with van der Waals surface area (Å²) in [5.74, 6) is -2.73. The van der Waals surface area contributed by atoms with Gasteiger partial charge in [0, 0.05) is 30.2 Å². The molecule has 1 aromatic heterocycles. The molecule has 1 fully saturated rings. The van der Waals surface area contributed by atoms with Gasteiger partial charge in [0.15, 0.2) is 5.50 Å². The number of hydroxylamine groups is 2. The lowest BCUT2D eigenvalue weighted by atomic mass is 9.94. The van der Waals surface area contributed by atoms with Crippen LogP contribution in [0.3, 0.4) is 0 Å². The first-order chi connectivity index (χ1) is 18.4. The summed E-state index contributed by atoms with van der Waals surface area (Å²) in [5, 5.41) is 8.11. The number of aromatic nitrogens is 1. The zero-order valence-electron chi connectivity index (χ0n) is 21.5. The number of hydrogen-bond donors (Lipinski definition) is 2. The van der Waals surface area contributed by atoms with E-state index in [1.807, 2.05) is 42.2 Å². The molecule has 0 saturated carbocycles. The number of ether oxygens (including phenoxy) is 1. The Labute approximate surface area is 231 Å². The number of alkyl halides is 3. The highest BCUT2D eigenvalue weighted by molar-refractivity contribution is 8.04. The molecule has 3 aliphatic rings. The summed E-state index contributed by atoms with van der Waals surface area (Å²) in [6.07, 6.45) is -4.44. The molecule has 0 bridgehead atoms. The second-order valence-electron chi connectivity index (χ2n) is 10.3. The maximum Gasteiger partial charge on any atom is 0.493 e. The van der Waals surface area contributed by atoms with Gasteiger partial charge in [-0.2, -0.15) is 22.6 Å². The quantitative estimate of drug-likeness (QED) is 0.516. The van der Waals surface area contributed by atoms with Crippen molar-refractivity contribution in [2.24, 2.45) is 0 Å². The summed E-state index contributed by atoms with van der Waals surface area (Å²) in [6, 6.07) is 9.55. The SMILES string of the molecule is Cc1cc(Nc2cccc(CC3COCCN3C3SC4=C(CC(C)(C)NC4=O)N3OC(=O)C(F)(F)F)c2)sn1. The molecule has 39 heavy (non-hydrogen) atoms. The zero-order chi connectivity index (χ0) is 27.9.